The van der Waals surface area contributed by atoms with E-state index in [2.05, 4.69) is 11.8 Å². The number of nitrogens with two attached hydrogens (primary N) is 1. The van der Waals surface area contributed by atoms with E-state index >= 15 is 0 Å². The lowest BCUT2D eigenvalue weighted by Gasteiger charge is -2.31. The molecule has 1 aliphatic heterocycles. The van der Waals surface area contributed by atoms with Gasteiger partial charge in [0.1, 0.15) is 0 Å². The van der Waals surface area contributed by atoms with Crippen molar-refractivity contribution in [2.75, 3.05) is 18.0 Å². The topological polar surface area (TPSA) is 42.2 Å². The third-order valence-corrected chi connectivity index (χ3v) is 5.73. The number of rotatable bonds is 2. The number of thiazole rings is 1. The van der Waals surface area contributed by atoms with Crippen LogP contribution in [0.15, 0.2) is 0 Å². The van der Waals surface area contributed by atoms with Crippen molar-refractivity contribution in [1.82, 2.24) is 4.98 Å². The Labute approximate surface area is 113 Å². The fourth-order valence-electron chi connectivity index (χ4n) is 3.11. The highest BCUT2D eigenvalue weighted by molar-refractivity contribution is 7.15. The Morgan fingerprint density at radius 2 is 2.11 bits per heavy atom. The molecule has 4 heteroatoms. The molecule has 1 aromatic heterocycles. The molecule has 100 valence electrons. The fourth-order valence-corrected chi connectivity index (χ4v) is 4.31. The molecule has 0 aromatic carbocycles. The van der Waals surface area contributed by atoms with Gasteiger partial charge < -0.3 is 10.6 Å². The predicted octanol–water partition coefficient (Wildman–Crippen LogP) is 3.11. The largest absolute Gasteiger partial charge is 0.348 e. The molecule has 0 radical (unpaired) electrons. The van der Waals surface area contributed by atoms with Crippen LogP contribution in [-0.4, -0.2) is 18.1 Å². The van der Waals surface area contributed by atoms with Crippen LogP contribution in [0.1, 0.15) is 55.6 Å². The SMILES string of the molecule is CCC1CCN(c2nc3c(s2)C(N)CCC3)CC1. The van der Waals surface area contributed by atoms with E-state index in [4.69, 9.17) is 10.7 Å². The zero-order valence-electron chi connectivity index (χ0n) is 11.2. The molecule has 1 fully saturated rings. The molecule has 1 saturated heterocycles. The second-order valence-corrected chi connectivity index (χ2v) is 6.65. The fraction of sp³-hybridized carbons (Fsp3) is 0.786. The zero-order chi connectivity index (χ0) is 12.5. The van der Waals surface area contributed by atoms with Gasteiger partial charge in [-0.1, -0.05) is 24.7 Å². The average Bonchev–Trinajstić information content (AvgIpc) is 2.84. The molecular weight excluding hydrogens is 242 g/mol. The second kappa shape index (κ2) is 5.17. The van der Waals surface area contributed by atoms with Crippen LogP contribution in [0.3, 0.4) is 0 Å². The van der Waals surface area contributed by atoms with Crippen LogP contribution in [0.5, 0.6) is 0 Å². The van der Waals surface area contributed by atoms with Gasteiger partial charge in [-0.3, -0.25) is 0 Å². The quantitative estimate of drug-likeness (QED) is 0.893. The minimum Gasteiger partial charge on any atom is -0.348 e. The predicted molar refractivity (Wildman–Crippen MR) is 77.2 cm³/mol. The Morgan fingerprint density at radius 3 is 2.78 bits per heavy atom. The number of aryl methyl sites for hydroxylation is 1. The van der Waals surface area contributed by atoms with E-state index in [9.17, 15) is 0 Å². The normalized spacial score (nSPS) is 25.2. The summed E-state index contributed by atoms with van der Waals surface area (Å²) in [7, 11) is 0. The number of nitrogens with zero attached hydrogens (tertiary/aromatic N) is 2. The number of aromatic nitrogens is 1. The molecule has 0 saturated carbocycles. The van der Waals surface area contributed by atoms with E-state index < -0.39 is 0 Å². The number of piperidine rings is 1. The standard InChI is InChI=1S/C14H23N3S/c1-2-10-6-8-17(9-7-10)14-16-12-5-3-4-11(15)13(12)18-14/h10-11H,2-9,15H2,1H3. The summed E-state index contributed by atoms with van der Waals surface area (Å²) in [6, 6.07) is 0.244. The van der Waals surface area contributed by atoms with Gasteiger partial charge in [0, 0.05) is 24.0 Å². The summed E-state index contributed by atoms with van der Waals surface area (Å²) in [4.78, 5) is 8.67. The molecule has 0 amide bonds. The minimum absolute atomic E-state index is 0.244. The molecule has 2 aliphatic rings. The number of fused-ring (bicyclic) bond motifs is 1. The summed E-state index contributed by atoms with van der Waals surface area (Å²) in [5.41, 5.74) is 7.47. The van der Waals surface area contributed by atoms with E-state index in [0.717, 1.165) is 18.8 Å². The van der Waals surface area contributed by atoms with Gasteiger partial charge >= 0.3 is 0 Å². The summed E-state index contributed by atoms with van der Waals surface area (Å²) in [5, 5.41) is 1.23. The molecule has 3 nitrogen and oxygen atoms in total. The number of hydrogen-bond donors (Lipinski definition) is 1. The van der Waals surface area contributed by atoms with Crippen molar-refractivity contribution in [3.8, 4) is 0 Å². The van der Waals surface area contributed by atoms with Gasteiger partial charge in [-0.25, -0.2) is 4.98 Å². The first-order chi connectivity index (χ1) is 8.78. The molecule has 18 heavy (non-hydrogen) atoms. The lowest BCUT2D eigenvalue weighted by molar-refractivity contribution is 0.395. The average molecular weight is 265 g/mol. The van der Waals surface area contributed by atoms with Crippen molar-refractivity contribution in [3.63, 3.8) is 0 Å². The molecule has 2 N–H and O–H groups in total. The first-order valence-electron chi connectivity index (χ1n) is 7.28. The Balaban J connectivity index is 1.74. The lowest BCUT2D eigenvalue weighted by atomic mass is 9.95. The molecule has 1 unspecified atom stereocenters. The Kier molecular flexibility index (Phi) is 3.57. The Bertz CT molecular complexity index is 407. The highest BCUT2D eigenvalue weighted by Crippen LogP contribution is 2.37. The molecule has 1 aromatic rings. The summed E-state index contributed by atoms with van der Waals surface area (Å²) < 4.78 is 0. The van der Waals surface area contributed by atoms with Gasteiger partial charge in [0.2, 0.25) is 0 Å². The lowest BCUT2D eigenvalue weighted by Crippen LogP contribution is -2.33. The maximum absolute atomic E-state index is 6.18. The Hall–Kier alpha value is -0.610. The van der Waals surface area contributed by atoms with Crippen molar-refractivity contribution in [2.24, 2.45) is 11.7 Å². The third-order valence-electron chi connectivity index (χ3n) is 4.44. The van der Waals surface area contributed by atoms with Crippen LogP contribution in [0.25, 0.3) is 0 Å². The monoisotopic (exact) mass is 265 g/mol. The molecule has 3 rings (SSSR count). The first-order valence-corrected chi connectivity index (χ1v) is 8.09. The van der Waals surface area contributed by atoms with E-state index in [-0.39, 0.29) is 6.04 Å². The summed E-state index contributed by atoms with van der Waals surface area (Å²) >= 11 is 1.85. The Morgan fingerprint density at radius 1 is 1.33 bits per heavy atom. The van der Waals surface area contributed by atoms with Crippen LogP contribution in [-0.2, 0) is 6.42 Å². The van der Waals surface area contributed by atoms with Crippen LogP contribution in [0.2, 0.25) is 0 Å². The molecular formula is C14H23N3S. The van der Waals surface area contributed by atoms with Crippen molar-refractivity contribution >= 4 is 16.5 Å². The van der Waals surface area contributed by atoms with Crippen molar-refractivity contribution in [3.05, 3.63) is 10.6 Å². The smallest absolute Gasteiger partial charge is 0.185 e. The van der Waals surface area contributed by atoms with Crippen molar-refractivity contribution in [2.45, 2.75) is 51.5 Å². The van der Waals surface area contributed by atoms with E-state index in [0.29, 0.717) is 0 Å². The van der Waals surface area contributed by atoms with Gasteiger partial charge in [0.15, 0.2) is 5.13 Å². The highest BCUT2D eigenvalue weighted by atomic mass is 32.1. The molecule has 0 spiro atoms. The second-order valence-electron chi connectivity index (χ2n) is 5.64. The summed E-state index contributed by atoms with van der Waals surface area (Å²) in [5.74, 6) is 0.929. The molecule has 0 bridgehead atoms. The number of anilines is 1. The van der Waals surface area contributed by atoms with Crippen LogP contribution >= 0.6 is 11.3 Å². The summed E-state index contributed by atoms with van der Waals surface area (Å²) in [6.45, 7) is 4.67. The van der Waals surface area contributed by atoms with E-state index in [1.165, 1.54) is 54.5 Å². The van der Waals surface area contributed by atoms with Gasteiger partial charge in [0.25, 0.3) is 0 Å². The van der Waals surface area contributed by atoms with Crippen LogP contribution < -0.4 is 10.6 Å². The zero-order valence-corrected chi connectivity index (χ0v) is 12.0. The molecule has 2 heterocycles. The van der Waals surface area contributed by atoms with Gasteiger partial charge in [-0.05, 0) is 38.0 Å². The van der Waals surface area contributed by atoms with Crippen LogP contribution in [0.4, 0.5) is 5.13 Å². The molecule has 1 atom stereocenters. The van der Waals surface area contributed by atoms with Gasteiger partial charge in [-0.2, -0.15) is 0 Å². The van der Waals surface area contributed by atoms with E-state index in [1.54, 1.807) is 0 Å². The van der Waals surface area contributed by atoms with Gasteiger partial charge in [0.05, 0.1) is 5.69 Å². The number of hydrogen-bond acceptors (Lipinski definition) is 4. The maximum Gasteiger partial charge on any atom is 0.185 e. The maximum atomic E-state index is 6.18. The highest BCUT2D eigenvalue weighted by Gasteiger charge is 2.25. The third kappa shape index (κ3) is 2.28. The minimum atomic E-state index is 0.244. The molecule has 1 aliphatic carbocycles. The van der Waals surface area contributed by atoms with Gasteiger partial charge in [-0.15, -0.1) is 0 Å². The summed E-state index contributed by atoms with van der Waals surface area (Å²) in [6.07, 6.45) is 7.44. The van der Waals surface area contributed by atoms with Crippen LogP contribution in [0, 0.1) is 5.92 Å². The van der Waals surface area contributed by atoms with Crippen molar-refractivity contribution < 1.29 is 0 Å². The first kappa shape index (κ1) is 12.4. The van der Waals surface area contributed by atoms with E-state index in [1.807, 2.05) is 11.3 Å². The van der Waals surface area contributed by atoms with Crippen molar-refractivity contribution in [1.29, 1.82) is 0 Å².